The molecule has 1 aromatic carbocycles. The molecule has 1 aromatic rings. The zero-order chi connectivity index (χ0) is 12.1. The van der Waals surface area contributed by atoms with Crippen LogP contribution in [0.3, 0.4) is 0 Å². The summed E-state index contributed by atoms with van der Waals surface area (Å²) in [5.74, 6) is 4.33. The molecule has 16 heavy (non-hydrogen) atoms. The third-order valence-electron chi connectivity index (χ3n) is 1.97. The van der Waals surface area contributed by atoms with Gasteiger partial charge in [0.1, 0.15) is 5.82 Å². The second-order valence-corrected chi connectivity index (χ2v) is 4.78. The highest BCUT2D eigenvalue weighted by molar-refractivity contribution is 8.00. The van der Waals surface area contributed by atoms with Crippen LogP contribution >= 0.6 is 23.4 Å². The van der Waals surface area contributed by atoms with Crippen molar-refractivity contribution < 1.29 is 9.18 Å². The van der Waals surface area contributed by atoms with Gasteiger partial charge in [-0.15, -0.1) is 11.8 Å². The lowest BCUT2D eigenvalue weighted by Crippen LogP contribution is -2.37. The standard InChI is InChI=1S/C10H12ClFN2OS/c1-2-9(10(15)14-13)16-6-3-4-8(12)7(11)5-6/h3-5,9H,2,13H2,1H3,(H,14,15). The number of thioether (sulfide) groups is 1. The van der Waals surface area contributed by atoms with E-state index in [1.807, 2.05) is 6.92 Å². The zero-order valence-electron chi connectivity index (χ0n) is 8.67. The largest absolute Gasteiger partial charge is 0.293 e. The molecule has 1 atom stereocenters. The van der Waals surface area contributed by atoms with Gasteiger partial charge in [0, 0.05) is 4.90 Å². The Morgan fingerprint density at radius 2 is 2.38 bits per heavy atom. The third kappa shape index (κ3) is 3.37. The number of nitrogens with one attached hydrogen (secondary N) is 1. The highest BCUT2D eigenvalue weighted by Gasteiger charge is 2.17. The Morgan fingerprint density at radius 3 is 2.88 bits per heavy atom. The van der Waals surface area contributed by atoms with Gasteiger partial charge in [-0.1, -0.05) is 18.5 Å². The molecule has 1 unspecified atom stereocenters. The molecule has 1 rings (SSSR count). The molecule has 88 valence electrons. The lowest BCUT2D eigenvalue weighted by atomic mass is 10.3. The van der Waals surface area contributed by atoms with Crippen LogP contribution in [0.1, 0.15) is 13.3 Å². The fourth-order valence-corrected chi connectivity index (χ4v) is 2.38. The molecule has 0 radical (unpaired) electrons. The topological polar surface area (TPSA) is 55.1 Å². The smallest absolute Gasteiger partial charge is 0.247 e. The quantitative estimate of drug-likeness (QED) is 0.379. The van der Waals surface area contributed by atoms with E-state index < -0.39 is 5.82 Å². The van der Waals surface area contributed by atoms with Gasteiger partial charge in [-0.25, -0.2) is 10.2 Å². The number of rotatable bonds is 4. The van der Waals surface area contributed by atoms with Gasteiger partial charge in [-0.05, 0) is 24.6 Å². The summed E-state index contributed by atoms with van der Waals surface area (Å²) in [4.78, 5) is 12.1. The predicted octanol–water partition coefficient (Wildman–Crippen LogP) is 2.34. The molecule has 0 heterocycles. The van der Waals surface area contributed by atoms with Crippen LogP contribution in [0.4, 0.5) is 4.39 Å². The average molecular weight is 263 g/mol. The molecule has 0 aliphatic heterocycles. The SMILES string of the molecule is CCC(Sc1ccc(F)c(Cl)c1)C(=O)NN. The van der Waals surface area contributed by atoms with E-state index >= 15 is 0 Å². The Hall–Kier alpha value is -0.780. The first kappa shape index (κ1) is 13.3. The van der Waals surface area contributed by atoms with Crippen molar-refractivity contribution in [2.45, 2.75) is 23.5 Å². The number of halogens is 2. The fourth-order valence-electron chi connectivity index (χ4n) is 1.13. The van der Waals surface area contributed by atoms with Gasteiger partial charge in [0.25, 0.3) is 0 Å². The van der Waals surface area contributed by atoms with Gasteiger partial charge in [0.05, 0.1) is 10.3 Å². The molecular formula is C10H12ClFN2OS. The summed E-state index contributed by atoms with van der Waals surface area (Å²) in [5.41, 5.74) is 2.10. The normalized spacial score (nSPS) is 12.2. The minimum absolute atomic E-state index is 0.0491. The maximum absolute atomic E-state index is 12.9. The molecule has 1 amide bonds. The number of benzene rings is 1. The summed E-state index contributed by atoms with van der Waals surface area (Å²) in [7, 11) is 0. The lowest BCUT2D eigenvalue weighted by Gasteiger charge is -2.12. The zero-order valence-corrected chi connectivity index (χ0v) is 10.2. The monoisotopic (exact) mass is 262 g/mol. The minimum atomic E-state index is -0.470. The molecule has 0 spiro atoms. The highest BCUT2D eigenvalue weighted by atomic mass is 35.5. The molecule has 0 aliphatic rings. The summed E-state index contributed by atoms with van der Waals surface area (Å²) in [6.07, 6.45) is 0.628. The number of nitrogens with two attached hydrogens (primary N) is 1. The van der Waals surface area contributed by atoms with Crippen LogP contribution in [-0.4, -0.2) is 11.2 Å². The first-order valence-corrected chi connectivity index (χ1v) is 5.96. The summed E-state index contributed by atoms with van der Waals surface area (Å²) in [6.45, 7) is 1.87. The van der Waals surface area contributed by atoms with Crippen molar-refractivity contribution >= 4 is 29.3 Å². The van der Waals surface area contributed by atoms with E-state index in [-0.39, 0.29) is 16.2 Å². The molecule has 0 bridgehead atoms. The van der Waals surface area contributed by atoms with Crippen molar-refractivity contribution in [2.75, 3.05) is 0 Å². The van der Waals surface area contributed by atoms with E-state index in [9.17, 15) is 9.18 Å². The van der Waals surface area contributed by atoms with Gasteiger partial charge in [0.15, 0.2) is 0 Å². The molecule has 0 saturated heterocycles. The summed E-state index contributed by atoms with van der Waals surface area (Å²) in [5, 5.41) is -0.250. The first-order chi connectivity index (χ1) is 7.58. The lowest BCUT2D eigenvalue weighted by molar-refractivity contribution is -0.120. The van der Waals surface area contributed by atoms with Gasteiger partial charge >= 0.3 is 0 Å². The van der Waals surface area contributed by atoms with Crippen molar-refractivity contribution in [1.29, 1.82) is 0 Å². The first-order valence-electron chi connectivity index (χ1n) is 4.70. The third-order valence-corrected chi connectivity index (χ3v) is 3.62. The highest BCUT2D eigenvalue weighted by Crippen LogP contribution is 2.28. The number of hydrogen-bond acceptors (Lipinski definition) is 3. The Balaban J connectivity index is 2.78. The van der Waals surface area contributed by atoms with Crippen molar-refractivity contribution in [3.63, 3.8) is 0 Å². The summed E-state index contributed by atoms with van der Waals surface area (Å²) < 4.78 is 12.9. The maximum atomic E-state index is 12.9. The molecule has 6 heteroatoms. The molecule has 3 N–H and O–H groups in total. The van der Waals surface area contributed by atoms with Crippen LogP contribution in [0.5, 0.6) is 0 Å². The molecule has 0 aliphatic carbocycles. The average Bonchev–Trinajstić information content (AvgIpc) is 2.29. The van der Waals surface area contributed by atoms with E-state index in [2.05, 4.69) is 5.43 Å². The van der Waals surface area contributed by atoms with E-state index in [4.69, 9.17) is 17.4 Å². The summed E-state index contributed by atoms with van der Waals surface area (Å²) >= 11 is 6.94. The van der Waals surface area contributed by atoms with Crippen molar-refractivity contribution in [3.05, 3.63) is 29.0 Å². The van der Waals surface area contributed by atoms with Crippen molar-refractivity contribution in [2.24, 2.45) is 5.84 Å². The van der Waals surface area contributed by atoms with Crippen LogP contribution in [0, 0.1) is 5.82 Å². The number of hydrazine groups is 1. The summed E-state index contributed by atoms with van der Waals surface area (Å²) in [6, 6.07) is 4.35. The second-order valence-electron chi connectivity index (χ2n) is 3.10. The predicted molar refractivity (Wildman–Crippen MR) is 63.7 cm³/mol. The van der Waals surface area contributed by atoms with E-state index in [0.717, 1.165) is 4.90 Å². The van der Waals surface area contributed by atoms with Gasteiger partial charge in [-0.2, -0.15) is 0 Å². The van der Waals surface area contributed by atoms with E-state index in [1.54, 1.807) is 6.07 Å². The second kappa shape index (κ2) is 6.08. The van der Waals surface area contributed by atoms with E-state index in [1.165, 1.54) is 23.9 Å². The Kier molecular flexibility index (Phi) is 5.05. The van der Waals surface area contributed by atoms with Crippen LogP contribution in [0.15, 0.2) is 23.1 Å². The van der Waals surface area contributed by atoms with Crippen molar-refractivity contribution in [1.82, 2.24) is 5.43 Å². The van der Waals surface area contributed by atoms with Crippen LogP contribution in [0.2, 0.25) is 5.02 Å². The van der Waals surface area contributed by atoms with Gasteiger partial charge in [0.2, 0.25) is 5.91 Å². The Labute approximate surface area is 103 Å². The molecule has 0 aromatic heterocycles. The minimum Gasteiger partial charge on any atom is -0.293 e. The number of carbonyl (C=O) groups is 1. The van der Waals surface area contributed by atoms with Crippen LogP contribution in [0.25, 0.3) is 0 Å². The molecule has 0 fully saturated rings. The number of amides is 1. The number of carbonyl (C=O) groups excluding carboxylic acids is 1. The fraction of sp³-hybridized carbons (Fsp3) is 0.300. The van der Waals surface area contributed by atoms with Crippen LogP contribution < -0.4 is 11.3 Å². The Morgan fingerprint density at radius 1 is 1.69 bits per heavy atom. The van der Waals surface area contributed by atoms with Gasteiger partial charge < -0.3 is 0 Å². The Bertz CT molecular complexity index is 389. The molecule has 0 saturated carbocycles. The molecular weight excluding hydrogens is 251 g/mol. The van der Waals surface area contributed by atoms with Crippen molar-refractivity contribution in [3.8, 4) is 0 Å². The van der Waals surface area contributed by atoms with E-state index in [0.29, 0.717) is 6.42 Å². The molecule has 3 nitrogen and oxygen atoms in total. The maximum Gasteiger partial charge on any atom is 0.247 e. The number of hydrogen-bond donors (Lipinski definition) is 2. The van der Waals surface area contributed by atoms with Gasteiger partial charge in [-0.3, -0.25) is 10.2 Å². The van der Waals surface area contributed by atoms with Crippen LogP contribution in [-0.2, 0) is 4.79 Å².